The monoisotopic (exact) mass is 320 g/mol. The van der Waals surface area contributed by atoms with Crippen LogP contribution in [0.3, 0.4) is 0 Å². The van der Waals surface area contributed by atoms with Crippen LogP contribution in [-0.4, -0.2) is 27.5 Å². The maximum atomic E-state index is 13.7. The van der Waals surface area contributed by atoms with E-state index in [0.29, 0.717) is 23.2 Å². The fourth-order valence-corrected chi connectivity index (χ4v) is 2.14. The molecule has 2 aromatic rings. The number of carbonyl (C=O) groups is 1. The summed E-state index contributed by atoms with van der Waals surface area (Å²) in [5, 5.41) is 19.5. The SMILES string of the molecule is CCc1ccc(NC(=O)NCC(C)(O)c2cnn(C)c2)cc1F. The lowest BCUT2D eigenvalue weighted by molar-refractivity contribution is 0.0599. The second-order valence-electron chi connectivity index (χ2n) is 5.64. The Bertz CT molecular complexity index is 697. The van der Waals surface area contributed by atoms with E-state index < -0.39 is 11.6 Å². The predicted molar refractivity (Wildman–Crippen MR) is 85.6 cm³/mol. The minimum absolute atomic E-state index is 0.0000520. The number of hydrogen-bond donors (Lipinski definition) is 3. The normalized spacial score (nSPS) is 13.4. The van der Waals surface area contributed by atoms with E-state index in [4.69, 9.17) is 0 Å². The van der Waals surface area contributed by atoms with Crippen LogP contribution in [0, 0.1) is 5.82 Å². The Kier molecular flexibility index (Phi) is 5.00. The molecule has 6 nitrogen and oxygen atoms in total. The van der Waals surface area contributed by atoms with Crippen LogP contribution in [0.15, 0.2) is 30.6 Å². The molecule has 0 aliphatic heterocycles. The molecule has 1 aromatic heterocycles. The molecule has 0 aliphatic rings. The van der Waals surface area contributed by atoms with Crippen molar-refractivity contribution in [1.29, 1.82) is 0 Å². The van der Waals surface area contributed by atoms with Gasteiger partial charge < -0.3 is 15.7 Å². The predicted octanol–water partition coefficient (Wildman–Crippen LogP) is 2.15. The van der Waals surface area contributed by atoms with E-state index in [0.717, 1.165) is 0 Å². The van der Waals surface area contributed by atoms with Crippen molar-refractivity contribution in [3.8, 4) is 0 Å². The van der Waals surface area contributed by atoms with E-state index in [1.165, 1.54) is 6.07 Å². The molecule has 23 heavy (non-hydrogen) atoms. The number of aryl methyl sites for hydroxylation is 2. The van der Waals surface area contributed by atoms with Gasteiger partial charge in [0.1, 0.15) is 11.4 Å². The zero-order valence-electron chi connectivity index (χ0n) is 13.4. The number of amides is 2. The Morgan fingerprint density at radius 2 is 2.22 bits per heavy atom. The summed E-state index contributed by atoms with van der Waals surface area (Å²) in [4.78, 5) is 11.9. The van der Waals surface area contributed by atoms with Crippen LogP contribution in [0.5, 0.6) is 0 Å². The third-order valence-electron chi connectivity index (χ3n) is 3.61. The third kappa shape index (κ3) is 4.29. The quantitative estimate of drug-likeness (QED) is 0.790. The highest BCUT2D eigenvalue weighted by Crippen LogP contribution is 2.19. The van der Waals surface area contributed by atoms with E-state index in [9.17, 15) is 14.3 Å². The lowest BCUT2D eigenvalue weighted by atomic mass is 10.00. The number of nitrogens with one attached hydrogen (secondary N) is 2. The smallest absolute Gasteiger partial charge is 0.319 e. The van der Waals surface area contributed by atoms with Gasteiger partial charge in [-0.1, -0.05) is 13.0 Å². The highest BCUT2D eigenvalue weighted by atomic mass is 19.1. The number of hydrogen-bond acceptors (Lipinski definition) is 3. The minimum atomic E-state index is -1.25. The van der Waals surface area contributed by atoms with Crippen LogP contribution in [0.25, 0.3) is 0 Å². The topological polar surface area (TPSA) is 79.2 Å². The molecule has 2 amide bonds. The van der Waals surface area contributed by atoms with E-state index >= 15 is 0 Å². The van der Waals surface area contributed by atoms with Crippen LogP contribution in [0.4, 0.5) is 14.9 Å². The van der Waals surface area contributed by atoms with Gasteiger partial charge in [0.15, 0.2) is 0 Å². The Labute approximate surface area is 134 Å². The molecule has 0 saturated heterocycles. The van der Waals surface area contributed by atoms with Gasteiger partial charge in [-0.05, 0) is 31.0 Å². The van der Waals surface area contributed by atoms with Gasteiger partial charge in [-0.3, -0.25) is 4.68 Å². The molecule has 3 N–H and O–H groups in total. The zero-order valence-corrected chi connectivity index (χ0v) is 13.4. The fraction of sp³-hybridized carbons (Fsp3) is 0.375. The third-order valence-corrected chi connectivity index (χ3v) is 3.61. The average Bonchev–Trinajstić information content (AvgIpc) is 2.93. The zero-order chi connectivity index (χ0) is 17.0. The van der Waals surface area contributed by atoms with Gasteiger partial charge in [0.05, 0.1) is 12.7 Å². The molecule has 0 aliphatic carbocycles. The highest BCUT2D eigenvalue weighted by molar-refractivity contribution is 5.89. The molecule has 124 valence electrons. The van der Waals surface area contributed by atoms with Crippen molar-refractivity contribution in [2.45, 2.75) is 25.9 Å². The highest BCUT2D eigenvalue weighted by Gasteiger charge is 2.25. The lowest BCUT2D eigenvalue weighted by Gasteiger charge is -2.22. The molecule has 0 bridgehead atoms. The van der Waals surface area contributed by atoms with Crippen molar-refractivity contribution < 1.29 is 14.3 Å². The summed E-state index contributed by atoms with van der Waals surface area (Å²) in [5.41, 5.74) is 0.301. The summed E-state index contributed by atoms with van der Waals surface area (Å²) in [6.07, 6.45) is 3.81. The molecule has 0 radical (unpaired) electrons. The van der Waals surface area contributed by atoms with Crippen molar-refractivity contribution in [3.63, 3.8) is 0 Å². The van der Waals surface area contributed by atoms with Gasteiger partial charge >= 0.3 is 6.03 Å². The van der Waals surface area contributed by atoms with Crippen molar-refractivity contribution in [1.82, 2.24) is 15.1 Å². The summed E-state index contributed by atoms with van der Waals surface area (Å²) in [7, 11) is 1.74. The molecule has 1 heterocycles. The summed E-state index contributed by atoms with van der Waals surface area (Å²) >= 11 is 0. The molecule has 0 spiro atoms. The number of aliphatic hydroxyl groups is 1. The number of halogens is 1. The van der Waals surface area contributed by atoms with E-state index in [-0.39, 0.29) is 12.4 Å². The first-order chi connectivity index (χ1) is 10.8. The average molecular weight is 320 g/mol. The van der Waals surface area contributed by atoms with Gasteiger partial charge in [0.2, 0.25) is 0 Å². The molecule has 1 aromatic carbocycles. The van der Waals surface area contributed by atoms with Crippen molar-refractivity contribution in [3.05, 3.63) is 47.5 Å². The first-order valence-electron chi connectivity index (χ1n) is 7.36. The molecule has 7 heteroatoms. The molecule has 1 atom stereocenters. The van der Waals surface area contributed by atoms with Crippen molar-refractivity contribution >= 4 is 11.7 Å². The van der Waals surface area contributed by atoms with E-state index in [2.05, 4.69) is 15.7 Å². The number of nitrogens with zero attached hydrogens (tertiary/aromatic N) is 2. The number of urea groups is 1. The second-order valence-corrected chi connectivity index (χ2v) is 5.64. The number of carbonyl (C=O) groups excluding carboxylic acids is 1. The Hall–Kier alpha value is -2.41. The fourth-order valence-electron chi connectivity index (χ4n) is 2.14. The lowest BCUT2D eigenvalue weighted by Crippen LogP contribution is -2.40. The van der Waals surface area contributed by atoms with E-state index in [1.807, 2.05) is 6.92 Å². The number of aromatic nitrogens is 2. The van der Waals surface area contributed by atoms with Crippen LogP contribution in [-0.2, 0) is 19.1 Å². The Morgan fingerprint density at radius 3 is 2.78 bits per heavy atom. The van der Waals surface area contributed by atoms with Crippen LogP contribution < -0.4 is 10.6 Å². The van der Waals surface area contributed by atoms with Gasteiger partial charge in [-0.15, -0.1) is 0 Å². The van der Waals surface area contributed by atoms with Crippen LogP contribution in [0.2, 0.25) is 0 Å². The van der Waals surface area contributed by atoms with Gasteiger partial charge in [0, 0.05) is 24.5 Å². The summed E-state index contributed by atoms with van der Waals surface area (Å²) in [5.74, 6) is -0.354. The number of anilines is 1. The van der Waals surface area contributed by atoms with Crippen LogP contribution in [0.1, 0.15) is 25.0 Å². The van der Waals surface area contributed by atoms with E-state index in [1.54, 1.807) is 43.2 Å². The number of rotatable bonds is 5. The number of benzene rings is 1. The summed E-state index contributed by atoms with van der Waals surface area (Å²) < 4.78 is 15.3. The maximum absolute atomic E-state index is 13.7. The molecule has 0 fully saturated rings. The molecule has 0 saturated carbocycles. The maximum Gasteiger partial charge on any atom is 0.319 e. The second kappa shape index (κ2) is 6.78. The molecular formula is C16H21FN4O2. The van der Waals surface area contributed by atoms with Gasteiger partial charge in [-0.2, -0.15) is 5.10 Å². The van der Waals surface area contributed by atoms with Crippen molar-refractivity contribution in [2.75, 3.05) is 11.9 Å². The molecule has 1 unspecified atom stereocenters. The van der Waals surface area contributed by atoms with Crippen LogP contribution >= 0.6 is 0 Å². The largest absolute Gasteiger partial charge is 0.383 e. The molecule has 2 rings (SSSR count). The molecular weight excluding hydrogens is 299 g/mol. The summed E-state index contributed by atoms with van der Waals surface area (Å²) in [6, 6.07) is 4.03. The standard InChI is InChI=1S/C16H21FN4O2/c1-4-11-5-6-13(7-14(11)17)20-15(22)18-10-16(2,23)12-8-19-21(3)9-12/h5-9,23H,4,10H2,1-3H3,(H2,18,20,22). The minimum Gasteiger partial charge on any atom is -0.383 e. The Balaban J connectivity index is 1.93. The summed E-state index contributed by atoms with van der Waals surface area (Å²) in [6.45, 7) is 3.44. The Morgan fingerprint density at radius 1 is 1.48 bits per heavy atom. The van der Waals surface area contributed by atoms with Gasteiger partial charge in [0.25, 0.3) is 0 Å². The van der Waals surface area contributed by atoms with Gasteiger partial charge in [-0.25, -0.2) is 9.18 Å². The van der Waals surface area contributed by atoms with Crippen molar-refractivity contribution in [2.24, 2.45) is 7.05 Å². The first kappa shape index (κ1) is 17.0. The first-order valence-corrected chi connectivity index (χ1v) is 7.36.